The van der Waals surface area contributed by atoms with Crippen LogP contribution in [0.5, 0.6) is 0 Å². The van der Waals surface area contributed by atoms with Gasteiger partial charge in [-0.05, 0) is 24.2 Å². The summed E-state index contributed by atoms with van der Waals surface area (Å²) in [5.41, 5.74) is -0.275. The van der Waals surface area contributed by atoms with E-state index in [1.165, 1.54) is 6.26 Å². The number of fused-ring (bicyclic) bond motifs is 1. The van der Waals surface area contributed by atoms with Crippen molar-refractivity contribution in [2.75, 3.05) is 6.26 Å². The van der Waals surface area contributed by atoms with Gasteiger partial charge in [0, 0.05) is 12.7 Å². The molecule has 0 radical (unpaired) electrons. The van der Waals surface area contributed by atoms with Crippen molar-refractivity contribution in [1.82, 2.24) is 0 Å². The van der Waals surface area contributed by atoms with E-state index in [4.69, 9.17) is 0 Å². The maximum atomic E-state index is 11.8. The minimum atomic E-state index is -3.23. The minimum absolute atomic E-state index is 0.0492. The SMILES string of the molecule is C[C@]12CCCC[C@H]1CC(=O)C2S(C)(=O)=O. The van der Waals surface area contributed by atoms with Crippen LogP contribution in [0.3, 0.4) is 0 Å². The third-order valence-electron chi connectivity index (χ3n) is 4.22. The molecule has 0 aliphatic heterocycles. The van der Waals surface area contributed by atoms with Gasteiger partial charge in [0.05, 0.1) is 0 Å². The number of carbonyl (C=O) groups excluding carboxylic acids is 1. The number of rotatable bonds is 1. The number of ketones is 1. The fraction of sp³-hybridized carbons (Fsp3) is 0.909. The van der Waals surface area contributed by atoms with Crippen LogP contribution >= 0.6 is 0 Å². The molecule has 2 fully saturated rings. The summed E-state index contributed by atoms with van der Waals surface area (Å²) < 4.78 is 23.4. The number of hydrogen-bond acceptors (Lipinski definition) is 3. The second-order valence-electron chi connectivity index (χ2n) is 5.33. The first kappa shape index (κ1) is 11.1. The van der Waals surface area contributed by atoms with E-state index in [2.05, 4.69) is 0 Å². The smallest absolute Gasteiger partial charge is 0.157 e. The van der Waals surface area contributed by atoms with Crippen LogP contribution in [0.1, 0.15) is 39.0 Å². The monoisotopic (exact) mass is 230 g/mol. The van der Waals surface area contributed by atoms with Crippen LogP contribution in [0, 0.1) is 11.3 Å². The maximum absolute atomic E-state index is 11.8. The predicted molar refractivity (Wildman–Crippen MR) is 58.3 cm³/mol. The lowest BCUT2D eigenvalue weighted by molar-refractivity contribution is -0.117. The van der Waals surface area contributed by atoms with Crippen molar-refractivity contribution in [2.24, 2.45) is 11.3 Å². The molecule has 0 bridgehead atoms. The highest BCUT2D eigenvalue weighted by Gasteiger charge is 2.56. The van der Waals surface area contributed by atoms with Gasteiger partial charge in [0.1, 0.15) is 5.25 Å². The summed E-state index contributed by atoms with van der Waals surface area (Å²) in [6.07, 6.45) is 5.80. The van der Waals surface area contributed by atoms with Crippen LogP contribution < -0.4 is 0 Å². The van der Waals surface area contributed by atoms with Gasteiger partial charge in [-0.1, -0.05) is 19.8 Å². The predicted octanol–water partition coefficient (Wildman–Crippen LogP) is 1.57. The summed E-state index contributed by atoms with van der Waals surface area (Å²) in [5.74, 6) is 0.255. The fourth-order valence-corrected chi connectivity index (χ4v) is 5.42. The highest BCUT2D eigenvalue weighted by Crippen LogP contribution is 2.52. The molecule has 0 aromatic rings. The van der Waals surface area contributed by atoms with Crippen molar-refractivity contribution in [3.8, 4) is 0 Å². The van der Waals surface area contributed by atoms with Crippen LogP contribution in [0.2, 0.25) is 0 Å². The highest BCUT2D eigenvalue weighted by atomic mass is 32.2. The van der Waals surface area contributed by atoms with E-state index in [1.807, 2.05) is 6.92 Å². The van der Waals surface area contributed by atoms with Crippen LogP contribution in [0.15, 0.2) is 0 Å². The quantitative estimate of drug-likeness (QED) is 0.687. The second kappa shape index (κ2) is 3.30. The summed E-state index contributed by atoms with van der Waals surface area (Å²) in [6, 6.07) is 0. The van der Waals surface area contributed by atoms with Gasteiger partial charge in [0.25, 0.3) is 0 Å². The molecule has 1 unspecified atom stereocenters. The average molecular weight is 230 g/mol. The molecule has 2 saturated carbocycles. The number of Topliss-reactive ketones (excluding diaryl/α,β-unsaturated/α-hetero) is 1. The van der Waals surface area contributed by atoms with Crippen LogP contribution in [-0.4, -0.2) is 25.7 Å². The summed E-state index contributed by atoms with van der Waals surface area (Å²) in [5, 5.41) is -0.727. The molecule has 86 valence electrons. The Bertz CT molecular complexity index is 385. The van der Waals surface area contributed by atoms with E-state index in [0.29, 0.717) is 12.3 Å². The van der Waals surface area contributed by atoms with Crippen molar-refractivity contribution in [3.63, 3.8) is 0 Å². The van der Waals surface area contributed by atoms with Crippen molar-refractivity contribution >= 4 is 15.6 Å². The lowest BCUT2D eigenvalue weighted by Gasteiger charge is -2.38. The van der Waals surface area contributed by atoms with Crippen molar-refractivity contribution in [1.29, 1.82) is 0 Å². The Balaban J connectivity index is 2.42. The number of carbonyl (C=O) groups is 1. The highest BCUT2D eigenvalue weighted by molar-refractivity contribution is 7.92. The molecule has 2 aliphatic carbocycles. The van der Waals surface area contributed by atoms with Gasteiger partial charge in [-0.25, -0.2) is 8.42 Å². The van der Waals surface area contributed by atoms with E-state index in [-0.39, 0.29) is 11.2 Å². The Morgan fingerprint density at radius 1 is 1.33 bits per heavy atom. The molecule has 2 aliphatic rings. The van der Waals surface area contributed by atoms with Crippen LogP contribution in [0.25, 0.3) is 0 Å². The molecule has 3 atom stereocenters. The zero-order valence-electron chi connectivity index (χ0n) is 9.32. The Hall–Kier alpha value is -0.380. The zero-order chi connectivity index (χ0) is 11.3. The Morgan fingerprint density at radius 3 is 2.60 bits per heavy atom. The lowest BCUT2D eigenvalue weighted by Crippen LogP contribution is -2.41. The van der Waals surface area contributed by atoms with E-state index in [0.717, 1.165) is 25.7 Å². The Kier molecular flexibility index (Phi) is 2.45. The Labute approximate surface area is 91.2 Å². The molecule has 3 nitrogen and oxygen atoms in total. The minimum Gasteiger partial charge on any atom is -0.298 e. The molecule has 0 aromatic heterocycles. The molecule has 0 heterocycles. The first-order valence-corrected chi connectivity index (χ1v) is 7.53. The number of sulfone groups is 1. The normalized spacial score (nSPS) is 41.6. The standard InChI is InChI=1S/C11H18O3S/c1-11-6-4-3-5-8(11)7-9(12)10(11)15(2,13)14/h8,10H,3-7H2,1-2H3/t8-,10?,11-/m0/s1. The van der Waals surface area contributed by atoms with E-state index in [1.54, 1.807) is 0 Å². The molecule has 0 spiro atoms. The summed E-state index contributed by atoms with van der Waals surface area (Å²) in [6.45, 7) is 1.99. The van der Waals surface area contributed by atoms with Gasteiger partial charge in [-0.15, -0.1) is 0 Å². The molecule has 4 heteroatoms. The molecule has 15 heavy (non-hydrogen) atoms. The lowest BCUT2D eigenvalue weighted by atomic mass is 9.69. The summed E-state index contributed by atoms with van der Waals surface area (Å²) >= 11 is 0. The molecular formula is C11H18O3S. The van der Waals surface area contributed by atoms with Gasteiger partial charge in [-0.3, -0.25) is 4.79 Å². The topological polar surface area (TPSA) is 51.2 Å². The summed E-state index contributed by atoms with van der Waals surface area (Å²) in [7, 11) is -3.23. The first-order chi connectivity index (χ1) is 6.86. The second-order valence-corrected chi connectivity index (χ2v) is 7.46. The summed E-state index contributed by atoms with van der Waals surface area (Å²) in [4.78, 5) is 11.8. The largest absolute Gasteiger partial charge is 0.298 e. The van der Waals surface area contributed by atoms with Crippen LogP contribution in [-0.2, 0) is 14.6 Å². The molecule has 0 amide bonds. The number of hydrogen-bond donors (Lipinski definition) is 0. The molecule has 0 saturated heterocycles. The third kappa shape index (κ3) is 1.63. The maximum Gasteiger partial charge on any atom is 0.157 e. The van der Waals surface area contributed by atoms with Gasteiger partial charge in [0.15, 0.2) is 15.6 Å². The van der Waals surface area contributed by atoms with Gasteiger partial charge in [-0.2, -0.15) is 0 Å². The fourth-order valence-electron chi connectivity index (χ4n) is 3.56. The molecular weight excluding hydrogens is 212 g/mol. The van der Waals surface area contributed by atoms with Gasteiger partial charge >= 0.3 is 0 Å². The molecule has 0 N–H and O–H groups in total. The van der Waals surface area contributed by atoms with E-state index >= 15 is 0 Å². The van der Waals surface area contributed by atoms with E-state index in [9.17, 15) is 13.2 Å². The van der Waals surface area contributed by atoms with Crippen molar-refractivity contribution in [3.05, 3.63) is 0 Å². The van der Waals surface area contributed by atoms with Crippen molar-refractivity contribution in [2.45, 2.75) is 44.3 Å². The Morgan fingerprint density at radius 2 is 2.00 bits per heavy atom. The van der Waals surface area contributed by atoms with Gasteiger partial charge in [0.2, 0.25) is 0 Å². The molecule has 2 rings (SSSR count). The average Bonchev–Trinajstić information content (AvgIpc) is 2.33. The van der Waals surface area contributed by atoms with E-state index < -0.39 is 15.1 Å². The first-order valence-electron chi connectivity index (χ1n) is 5.57. The zero-order valence-corrected chi connectivity index (χ0v) is 10.1. The van der Waals surface area contributed by atoms with Crippen molar-refractivity contribution < 1.29 is 13.2 Å². The molecule has 0 aromatic carbocycles. The van der Waals surface area contributed by atoms with Gasteiger partial charge < -0.3 is 0 Å². The third-order valence-corrected chi connectivity index (χ3v) is 5.88. The van der Waals surface area contributed by atoms with Crippen LogP contribution in [0.4, 0.5) is 0 Å².